The lowest BCUT2D eigenvalue weighted by Crippen LogP contribution is -2.41. The van der Waals surface area contributed by atoms with Crippen molar-refractivity contribution >= 4 is 35.1 Å². The standard InChI is InChI=1S/C11H11Cl2NO4/c12-6-2-1-3-7(13)9(6)10(16)14-8(4-5-15)11(17)18/h1-3,8,15H,4-5H2,(H,14,16)(H,17,18)/t8-/m1/s1. The van der Waals surface area contributed by atoms with E-state index < -0.39 is 17.9 Å². The Hall–Kier alpha value is -1.30. The van der Waals surface area contributed by atoms with Gasteiger partial charge in [-0.3, -0.25) is 4.79 Å². The molecule has 0 aromatic heterocycles. The van der Waals surface area contributed by atoms with Crippen LogP contribution in [0.3, 0.4) is 0 Å². The Morgan fingerprint density at radius 3 is 2.28 bits per heavy atom. The molecule has 0 heterocycles. The molecule has 1 aromatic rings. The maximum atomic E-state index is 11.9. The van der Waals surface area contributed by atoms with E-state index in [9.17, 15) is 9.59 Å². The molecule has 0 bridgehead atoms. The van der Waals surface area contributed by atoms with Crippen molar-refractivity contribution in [2.45, 2.75) is 12.5 Å². The molecule has 0 fully saturated rings. The largest absolute Gasteiger partial charge is 0.480 e. The Labute approximate surface area is 113 Å². The number of hydrogen-bond acceptors (Lipinski definition) is 3. The second-order valence-electron chi connectivity index (χ2n) is 3.47. The van der Waals surface area contributed by atoms with Gasteiger partial charge in [-0.05, 0) is 12.1 Å². The van der Waals surface area contributed by atoms with Crippen molar-refractivity contribution < 1.29 is 19.8 Å². The molecule has 18 heavy (non-hydrogen) atoms. The molecule has 0 aliphatic carbocycles. The van der Waals surface area contributed by atoms with Gasteiger partial charge in [-0.2, -0.15) is 0 Å². The summed E-state index contributed by atoms with van der Waals surface area (Å²) in [6.07, 6.45) is -0.0941. The molecule has 5 nitrogen and oxygen atoms in total. The number of aliphatic carboxylic acids is 1. The molecule has 1 atom stereocenters. The van der Waals surface area contributed by atoms with Crippen LogP contribution in [-0.4, -0.2) is 34.7 Å². The lowest BCUT2D eigenvalue weighted by molar-refractivity contribution is -0.139. The van der Waals surface area contributed by atoms with Crippen molar-refractivity contribution in [2.24, 2.45) is 0 Å². The van der Waals surface area contributed by atoms with Crippen LogP contribution in [0.5, 0.6) is 0 Å². The van der Waals surface area contributed by atoms with E-state index in [1.54, 1.807) is 6.07 Å². The lowest BCUT2D eigenvalue weighted by atomic mass is 10.1. The first kappa shape index (κ1) is 14.8. The summed E-state index contributed by atoms with van der Waals surface area (Å²) in [5.41, 5.74) is 0.0185. The summed E-state index contributed by atoms with van der Waals surface area (Å²) in [7, 11) is 0. The van der Waals surface area contributed by atoms with Gasteiger partial charge in [0.1, 0.15) is 6.04 Å². The molecule has 0 saturated heterocycles. The lowest BCUT2D eigenvalue weighted by Gasteiger charge is -2.14. The van der Waals surface area contributed by atoms with Crippen molar-refractivity contribution in [1.82, 2.24) is 5.32 Å². The number of carboxylic acids is 1. The van der Waals surface area contributed by atoms with Crippen molar-refractivity contribution in [3.8, 4) is 0 Å². The molecular weight excluding hydrogens is 281 g/mol. The summed E-state index contributed by atoms with van der Waals surface area (Å²) >= 11 is 11.6. The van der Waals surface area contributed by atoms with Crippen molar-refractivity contribution in [3.05, 3.63) is 33.8 Å². The van der Waals surface area contributed by atoms with Crippen LogP contribution in [0.25, 0.3) is 0 Å². The Bertz CT molecular complexity index is 444. The van der Waals surface area contributed by atoms with Crippen LogP contribution in [0.2, 0.25) is 10.0 Å². The normalized spacial score (nSPS) is 11.9. The summed E-state index contributed by atoms with van der Waals surface area (Å²) < 4.78 is 0. The van der Waals surface area contributed by atoms with Gasteiger partial charge in [-0.1, -0.05) is 29.3 Å². The topological polar surface area (TPSA) is 86.6 Å². The Morgan fingerprint density at radius 1 is 1.28 bits per heavy atom. The molecule has 0 aliphatic rings. The van der Waals surface area contributed by atoms with Crippen LogP contribution >= 0.6 is 23.2 Å². The Morgan fingerprint density at radius 2 is 1.83 bits per heavy atom. The minimum Gasteiger partial charge on any atom is -0.480 e. The van der Waals surface area contributed by atoms with Gasteiger partial charge >= 0.3 is 5.97 Å². The summed E-state index contributed by atoms with van der Waals surface area (Å²) in [6.45, 7) is -0.354. The van der Waals surface area contributed by atoms with E-state index in [-0.39, 0.29) is 28.6 Å². The van der Waals surface area contributed by atoms with Gasteiger partial charge in [0.15, 0.2) is 0 Å². The third-order valence-electron chi connectivity index (χ3n) is 2.21. The first-order valence-corrected chi connectivity index (χ1v) is 5.81. The molecule has 1 aromatic carbocycles. The molecule has 0 radical (unpaired) electrons. The fourth-order valence-electron chi connectivity index (χ4n) is 1.33. The number of amides is 1. The highest BCUT2D eigenvalue weighted by Gasteiger charge is 2.22. The van der Waals surface area contributed by atoms with Crippen LogP contribution < -0.4 is 5.32 Å². The third-order valence-corrected chi connectivity index (χ3v) is 2.84. The number of halogens is 2. The number of carboxylic acid groups (broad SMARTS) is 1. The van der Waals surface area contributed by atoms with E-state index in [4.69, 9.17) is 33.4 Å². The van der Waals surface area contributed by atoms with E-state index in [1.807, 2.05) is 0 Å². The number of nitrogens with one attached hydrogen (secondary N) is 1. The number of carbonyl (C=O) groups is 2. The first-order valence-electron chi connectivity index (χ1n) is 5.06. The van der Waals surface area contributed by atoms with E-state index in [0.29, 0.717) is 0 Å². The van der Waals surface area contributed by atoms with Gasteiger partial charge in [-0.25, -0.2) is 4.79 Å². The molecule has 1 amide bonds. The van der Waals surface area contributed by atoms with Crippen molar-refractivity contribution in [2.75, 3.05) is 6.61 Å². The number of aliphatic hydroxyl groups excluding tert-OH is 1. The highest BCUT2D eigenvalue weighted by atomic mass is 35.5. The van der Waals surface area contributed by atoms with E-state index in [0.717, 1.165) is 0 Å². The minimum atomic E-state index is -1.24. The molecule has 98 valence electrons. The predicted molar refractivity (Wildman–Crippen MR) is 67.1 cm³/mol. The van der Waals surface area contributed by atoms with Crippen LogP contribution in [0.4, 0.5) is 0 Å². The zero-order chi connectivity index (χ0) is 13.7. The summed E-state index contributed by atoms with van der Waals surface area (Å²) in [6, 6.07) is 3.34. The Balaban J connectivity index is 2.90. The summed E-state index contributed by atoms with van der Waals surface area (Å²) in [4.78, 5) is 22.7. The maximum Gasteiger partial charge on any atom is 0.326 e. The van der Waals surface area contributed by atoms with Gasteiger partial charge in [0.05, 0.1) is 15.6 Å². The van der Waals surface area contributed by atoms with Gasteiger partial charge in [0, 0.05) is 13.0 Å². The monoisotopic (exact) mass is 291 g/mol. The number of aliphatic hydroxyl groups is 1. The molecule has 3 N–H and O–H groups in total. The highest BCUT2D eigenvalue weighted by molar-refractivity contribution is 6.39. The summed E-state index contributed by atoms with van der Waals surface area (Å²) in [5.74, 6) is -1.92. The van der Waals surface area contributed by atoms with Crippen LogP contribution in [0.1, 0.15) is 16.8 Å². The predicted octanol–water partition coefficient (Wildman–Crippen LogP) is 1.56. The second kappa shape index (κ2) is 6.58. The number of carbonyl (C=O) groups excluding carboxylic acids is 1. The molecule has 0 unspecified atom stereocenters. The molecule has 0 saturated carbocycles. The SMILES string of the molecule is O=C(N[C@H](CCO)C(=O)O)c1c(Cl)cccc1Cl. The van der Waals surface area contributed by atoms with Crippen LogP contribution in [0, 0.1) is 0 Å². The highest BCUT2D eigenvalue weighted by Crippen LogP contribution is 2.24. The zero-order valence-electron chi connectivity index (χ0n) is 9.19. The third kappa shape index (κ3) is 3.60. The summed E-state index contributed by atoms with van der Waals surface area (Å²) in [5, 5.41) is 20.1. The molecular formula is C11H11Cl2NO4. The average Bonchev–Trinajstić information content (AvgIpc) is 2.28. The zero-order valence-corrected chi connectivity index (χ0v) is 10.7. The van der Waals surface area contributed by atoms with E-state index in [2.05, 4.69) is 5.32 Å². The smallest absolute Gasteiger partial charge is 0.326 e. The van der Waals surface area contributed by atoms with Crippen LogP contribution in [-0.2, 0) is 4.79 Å². The quantitative estimate of drug-likeness (QED) is 0.768. The minimum absolute atomic E-state index is 0.0185. The fraction of sp³-hybridized carbons (Fsp3) is 0.273. The molecule has 0 spiro atoms. The van der Waals surface area contributed by atoms with E-state index >= 15 is 0 Å². The molecule has 0 aliphatic heterocycles. The van der Waals surface area contributed by atoms with Crippen molar-refractivity contribution in [1.29, 1.82) is 0 Å². The van der Waals surface area contributed by atoms with Gasteiger partial charge in [-0.15, -0.1) is 0 Å². The van der Waals surface area contributed by atoms with Gasteiger partial charge in [0.25, 0.3) is 5.91 Å². The van der Waals surface area contributed by atoms with E-state index in [1.165, 1.54) is 12.1 Å². The second-order valence-corrected chi connectivity index (χ2v) is 4.29. The Kier molecular flexibility index (Phi) is 5.40. The number of benzene rings is 1. The van der Waals surface area contributed by atoms with Crippen molar-refractivity contribution in [3.63, 3.8) is 0 Å². The maximum absolute atomic E-state index is 11.9. The number of rotatable bonds is 5. The van der Waals surface area contributed by atoms with Gasteiger partial charge < -0.3 is 15.5 Å². The molecule has 1 rings (SSSR count). The number of hydrogen-bond donors (Lipinski definition) is 3. The average molecular weight is 292 g/mol. The fourth-order valence-corrected chi connectivity index (χ4v) is 1.90. The first-order chi connectivity index (χ1) is 8.47. The van der Waals surface area contributed by atoms with Crippen LogP contribution in [0.15, 0.2) is 18.2 Å². The van der Waals surface area contributed by atoms with Gasteiger partial charge in [0.2, 0.25) is 0 Å². The molecule has 7 heteroatoms.